The molecule has 0 unspecified atom stereocenters. The van der Waals surface area contributed by atoms with Crippen LogP contribution in [-0.4, -0.2) is 49.1 Å². The standard InChI is InChI=1S/C25H32N6O/c1-31(2)24-21-10-6-7-11-22(21)29-25(30-24)28-20-14-12-18(13-15-20)16-27-23(32)17-26-19-8-4-3-5-9-19/h3-11,18,20,26H,12-17H2,1-2H3,(H,27,32)(H,28,29,30)/t18-,20+. The van der Waals surface area contributed by atoms with Gasteiger partial charge in [0.25, 0.3) is 0 Å². The summed E-state index contributed by atoms with van der Waals surface area (Å²) in [6, 6.07) is 18.3. The van der Waals surface area contributed by atoms with E-state index in [1.807, 2.05) is 67.5 Å². The average molecular weight is 433 g/mol. The molecule has 1 heterocycles. The van der Waals surface area contributed by atoms with E-state index in [1.165, 1.54) is 0 Å². The number of amides is 1. The van der Waals surface area contributed by atoms with Crippen molar-refractivity contribution >= 4 is 34.3 Å². The van der Waals surface area contributed by atoms with Crippen molar-refractivity contribution in [1.82, 2.24) is 15.3 Å². The summed E-state index contributed by atoms with van der Waals surface area (Å²) in [7, 11) is 4.01. The van der Waals surface area contributed by atoms with Crippen LogP contribution in [0.2, 0.25) is 0 Å². The second-order valence-electron chi connectivity index (χ2n) is 8.67. The minimum absolute atomic E-state index is 0.0369. The number of aromatic nitrogens is 2. The predicted molar refractivity (Wildman–Crippen MR) is 131 cm³/mol. The lowest BCUT2D eigenvalue weighted by molar-refractivity contribution is -0.119. The van der Waals surface area contributed by atoms with Crippen LogP contribution in [0, 0.1) is 5.92 Å². The Labute approximate surface area is 189 Å². The van der Waals surface area contributed by atoms with Crippen molar-refractivity contribution in [2.24, 2.45) is 5.92 Å². The van der Waals surface area contributed by atoms with E-state index in [2.05, 4.69) is 22.0 Å². The molecule has 1 aliphatic rings. The van der Waals surface area contributed by atoms with Crippen molar-refractivity contribution in [3.05, 3.63) is 54.6 Å². The maximum Gasteiger partial charge on any atom is 0.239 e. The van der Waals surface area contributed by atoms with Gasteiger partial charge in [-0.05, 0) is 55.9 Å². The van der Waals surface area contributed by atoms with E-state index in [0.717, 1.165) is 54.6 Å². The highest BCUT2D eigenvalue weighted by atomic mass is 16.1. The van der Waals surface area contributed by atoms with Gasteiger partial charge in [-0.15, -0.1) is 0 Å². The van der Waals surface area contributed by atoms with E-state index in [0.29, 0.717) is 24.5 Å². The van der Waals surface area contributed by atoms with Crippen LogP contribution in [0.5, 0.6) is 0 Å². The fraction of sp³-hybridized carbons (Fsp3) is 0.400. The van der Waals surface area contributed by atoms with Crippen molar-refractivity contribution in [3.8, 4) is 0 Å². The van der Waals surface area contributed by atoms with Gasteiger partial charge in [0.05, 0.1) is 12.1 Å². The SMILES string of the molecule is CN(C)c1nc(N[C@H]2CC[C@@H](CNC(=O)CNc3ccccc3)CC2)nc2ccccc12. The highest BCUT2D eigenvalue weighted by Gasteiger charge is 2.22. The number of rotatable bonds is 8. The number of anilines is 3. The topological polar surface area (TPSA) is 82.2 Å². The Morgan fingerprint density at radius 3 is 2.44 bits per heavy atom. The third-order valence-electron chi connectivity index (χ3n) is 6.00. The minimum atomic E-state index is 0.0369. The molecule has 168 valence electrons. The summed E-state index contributed by atoms with van der Waals surface area (Å²) in [5, 5.41) is 10.8. The third kappa shape index (κ3) is 5.66. The van der Waals surface area contributed by atoms with Gasteiger partial charge in [0.15, 0.2) is 0 Å². The van der Waals surface area contributed by atoms with Crippen LogP contribution >= 0.6 is 0 Å². The Balaban J connectivity index is 1.24. The van der Waals surface area contributed by atoms with Crippen LogP contribution in [0.1, 0.15) is 25.7 Å². The molecule has 1 aliphatic carbocycles. The Morgan fingerprint density at radius 2 is 1.69 bits per heavy atom. The number of carbonyl (C=O) groups is 1. The van der Waals surface area contributed by atoms with Gasteiger partial charge in [0.2, 0.25) is 11.9 Å². The largest absolute Gasteiger partial charge is 0.376 e. The first kappa shape index (κ1) is 21.9. The lowest BCUT2D eigenvalue weighted by atomic mass is 9.86. The molecule has 1 amide bonds. The molecule has 0 aliphatic heterocycles. The van der Waals surface area contributed by atoms with Gasteiger partial charge in [-0.2, -0.15) is 4.98 Å². The number of carbonyl (C=O) groups excluding carboxylic acids is 1. The van der Waals surface area contributed by atoms with Gasteiger partial charge in [0, 0.05) is 37.8 Å². The van der Waals surface area contributed by atoms with Crippen molar-refractivity contribution in [2.45, 2.75) is 31.7 Å². The van der Waals surface area contributed by atoms with E-state index in [-0.39, 0.29) is 5.91 Å². The Morgan fingerprint density at radius 1 is 0.969 bits per heavy atom. The summed E-state index contributed by atoms with van der Waals surface area (Å²) >= 11 is 0. The molecule has 0 bridgehead atoms. The predicted octanol–water partition coefficient (Wildman–Crippen LogP) is 3.89. The molecule has 4 rings (SSSR count). The number of para-hydroxylation sites is 2. The molecule has 32 heavy (non-hydrogen) atoms. The first-order valence-corrected chi connectivity index (χ1v) is 11.3. The van der Waals surface area contributed by atoms with Gasteiger partial charge >= 0.3 is 0 Å². The van der Waals surface area contributed by atoms with Gasteiger partial charge < -0.3 is 20.9 Å². The average Bonchev–Trinajstić information content (AvgIpc) is 2.82. The highest BCUT2D eigenvalue weighted by Crippen LogP contribution is 2.28. The molecule has 3 N–H and O–H groups in total. The Bertz CT molecular complexity index is 1030. The lowest BCUT2D eigenvalue weighted by Crippen LogP contribution is -2.36. The highest BCUT2D eigenvalue weighted by molar-refractivity contribution is 5.90. The van der Waals surface area contributed by atoms with Crippen molar-refractivity contribution in [1.29, 1.82) is 0 Å². The van der Waals surface area contributed by atoms with Gasteiger partial charge in [-0.3, -0.25) is 4.79 Å². The number of hydrogen-bond acceptors (Lipinski definition) is 6. The van der Waals surface area contributed by atoms with Gasteiger partial charge in [-0.25, -0.2) is 4.98 Å². The molecule has 1 saturated carbocycles. The summed E-state index contributed by atoms with van der Waals surface area (Å²) in [6.07, 6.45) is 4.27. The normalized spacial score (nSPS) is 18.2. The minimum Gasteiger partial charge on any atom is -0.376 e. The van der Waals surface area contributed by atoms with E-state index < -0.39 is 0 Å². The number of nitrogens with one attached hydrogen (secondary N) is 3. The molecule has 7 heteroatoms. The Hall–Kier alpha value is -3.35. The fourth-order valence-corrected chi connectivity index (χ4v) is 4.22. The second kappa shape index (κ2) is 10.3. The molecule has 3 aromatic rings. The van der Waals surface area contributed by atoms with Crippen LogP contribution in [0.15, 0.2) is 54.6 Å². The smallest absolute Gasteiger partial charge is 0.239 e. The fourth-order valence-electron chi connectivity index (χ4n) is 4.22. The molecule has 0 saturated heterocycles. The van der Waals surface area contributed by atoms with Crippen molar-refractivity contribution < 1.29 is 4.79 Å². The van der Waals surface area contributed by atoms with Crippen LogP contribution in [0.4, 0.5) is 17.5 Å². The summed E-state index contributed by atoms with van der Waals surface area (Å²) < 4.78 is 0. The van der Waals surface area contributed by atoms with Gasteiger partial charge in [-0.1, -0.05) is 30.3 Å². The van der Waals surface area contributed by atoms with E-state index in [1.54, 1.807) is 0 Å². The molecule has 0 atom stereocenters. The number of benzene rings is 2. The maximum absolute atomic E-state index is 12.2. The number of nitrogens with zero attached hydrogens (tertiary/aromatic N) is 3. The van der Waals surface area contributed by atoms with Crippen molar-refractivity contribution in [2.75, 3.05) is 42.7 Å². The first-order valence-electron chi connectivity index (χ1n) is 11.3. The second-order valence-corrected chi connectivity index (χ2v) is 8.67. The van der Waals surface area contributed by atoms with Gasteiger partial charge in [0.1, 0.15) is 5.82 Å². The Kier molecular flexibility index (Phi) is 7.04. The molecule has 1 fully saturated rings. The van der Waals surface area contributed by atoms with Crippen LogP contribution < -0.4 is 20.9 Å². The van der Waals surface area contributed by atoms with Crippen LogP contribution in [-0.2, 0) is 4.79 Å². The molecule has 2 aromatic carbocycles. The first-order chi connectivity index (χ1) is 15.6. The summed E-state index contributed by atoms with van der Waals surface area (Å²) in [6.45, 7) is 1.04. The van der Waals surface area contributed by atoms with Crippen LogP contribution in [0.25, 0.3) is 10.9 Å². The van der Waals surface area contributed by atoms with E-state index >= 15 is 0 Å². The molecule has 0 radical (unpaired) electrons. The van der Waals surface area contributed by atoms with Crippen LogP contribution in [0.3, 0.4) is 0 Å². The van der Waals surface area contributed by atoms with Crippen molar-refractivity contribution in [3.63, 3.8) is 0 Å². The molecule has 7 nitrogen and oxygen atoms in total. The zero-order valence-electron chi connectivity index (χ0n) is 18.8. The zero-order valence-corrected chi connectivity index (χ0v) is 18.8. The summed E-state index contributed by atoms with van der Waals surface area (Å²) in [4.78, 5) is 23.7. The number of fused-ring (bicyclic) bond motifs is 1. The molecular weight excluding hydrogens is 400 g/mol. The maximum atomic E-state index is 12.2. The van der Waals surface area contributed by atoms with E-state index in [9.17, 15) is 4.79 Å². The summed E-state index contributed by atoms with van der Waals surface area (Å²) in [5.41, 5.74) is 1.91. The lowest BCUT2D eigenvalue weighted by Gasteiger charge is -2.29. The zero-order chi connectivity index (χ0) is 22.3. The molecule has 1 aromatic heterocycles. The van der Waals surface area contributed by atoms with E-state index in [4.69, 9.17) is 9.97 Å². The monoisotopic (exact) mass is 432 g/mol. The summed E-state index contributed by atoms with van der Waals surface area (Å²) in [5.74, 6) is 2.17. The number of hydrogen-bond donors (Lipinski definition) is 3. The molecular formula is C25H32N6O. The quantitative estimate of drug-likeness (QED) is 0.501. The molecule has 0 spiro atoms. The third-order valence-corrected chi connectivity index (χ3v) is 6.00.